The Hall–Kier alpha value is -1.81. The lowest BCUT2D eigenvalue weighted by molar-refractivity contribution is -0.116. The Labute approximate surface area is 127 Å². The Bertz CT molecular complexity index is 472. The average Bonchev–Trinajstić information content (AvgIpc) is 2.48. The molecule has 1 aromatic carbocycles. The summed E-state index contributed by atoms with van der Waals surface area (Å²) < 4.78 is 0. The highest BCUT2D eigenvalue weighted by atomic mass is 16.1. The third kappa shape index (κ3) is 5.23. The van der Waals surface area contributed by atoms with Crippen LogP contribution in [0.15, 0.2) is 42.0 Å². The van der Waals surface area contributed by atoms with Gasteiger partial charge in [0.1, 0.15) is 0 Å². The van der Waals surface area contributed by atoms with Crippen LogP contribution in [0.1, 0.15) is 13.8 Å². The van der Waals surface area contributed by atoms with Crippen molar-refractivity contribution in [2.45, 2.75) is 13.8 Å². The van der Waals surface area contributed by atoms with Crippen molar-refractivity contribution in [2.24, 2.45) is 0 Å². The molecule has 1 aliphatic heterocycles. The molecule has 21 heavy (non-hydrogen) atoms. The van der Waals surface area contributed by atoms with Gasteiger partial charge in [0.05, 0.1) is 0 Å². The summed E-state index contributed by atoms with van der Waals surface area (Å²) in [6.07, 6.45) is 1.65. The van der Waals surface area contributed by atoms with E-state index in [-0.39, 0.29) is 5.91 Å². The van der Waals surface area contributed by atoms with E-state index in [9.17, 15) is 4.79 Å². The number of benzene rings is 1. The van der Waals surface area contributed by atoms with Crippen LogP contribution in [0.25, 0.3) is 0 Å². The number of carbonyl (C=O) groups is 1. The summed E-state index contributed by atoms with van der Waals surface area (Å²) in [6.45, 7) is 9.70. The van der Waals surface area contributed by atoms with Gasteiger partial charge in [-0.15, -0.1) is 0 Å². The smallest absolute Gasteiger partial charge is 0.243 e. The summed E-state index contributed by atoms with van der Waals surface area (Å²) in [5.41, 5.74) is 2.33. The molecule has 0 saturated carbocycles. The summed E-state index contributed by atoms with van der Waals surface area (Å²) in [7, 11) is 0. The Morgan fingerprint density at radius 2 is 1.81 bits per heavy atom. The van der Waals surface area contributed by atoms with Crippen LogP contribution in [0.2, 0.25) is 0 Å². The first-order valence-electron chi connectivity index (χ1n) is 7.60. The maximum absolute atomic E-state index is 11.5. The fourth-order valence-corrected chi connectivity index (χ4v) is 2.52. The fraction of sp³-hybridized carbons (Fsp3) is 0.471. The molecule has 1 heterocycles. The Morgan fingerprint density at radius 1 is 1.14 bits per heavy atom. The van der Waals surface area contributed by atoms with E-state index in [1.54, 1.807) is 6.08 Å². The minimum absolute atomic E-state index is 0.0120. The number of anilines is 1. The molecule has 0 atom stereocenters. The molecule has 1 fully saturated rings. The van der Waals surface area contributed by atoms with Gasteiger partial charge in [-0.3, -0.25) is 9.69 Å². The van der Waals surface area contributed by atoms with E-state index in [1.807, 2.05) is 13.8 Å². The third-order valence-corrected chi connectivity index (χ3v) is 3.64. The van der Waals surface area contributed by atoms with Gasteiger partial charge in [0.15, 0.2) is 0 Å². The largest absolute Gasteiger partial charge is 0.369 e. The number of hydrogen-bond donors (Lipinski definition) is 1. The van der Waals surface area contributed by atoms with Gasteiger partial charge < -0.3 is 10.2 Å². The first-order chi connectivity index (χ1) is 10.1. The van der Waals surface area contributed by atoms with Gasteiger partial charge >= 0.3 is 0 Å². The van der Waals surface area contributed by atoms with Gasteiger partial charge in [-0.2, -0.15) is 0 Å². The Morgan fingerprint density at radius 3 is 2.43 bits per heavy atom. The molecule has 0 radical (unpaired) electrons. The van der Waals surface area contributed by atoms with Gasteiger partial charge in [0, 0.05) is 51.0 Å². The Balaban J connectivity index is 1.68. The number of allylic oxidation sites excluding steroid dienone is 1. The monoisotopic (exact) mass is 287 g/mol. The summed E-state index contributed by atoms with van der Waals surface area (Å²) in [5.74, 6) is 0.0120. The van der Waals surface area contributed by atoms with Gasteiger partial charge in [-0.1, -0.05) is 23.8 Å². The van der Waals surface area contributed by atoms with Gasteiger partial charge in [0.25, 0.3) is 0 Å². The second kappa shape index (κ2) is 7.84. The van der Waals surface area contributed by atoms with Crippen molar-refractivity contribution in [1.82, 2.24) is 10.2 Å². The zero-order chi connectivity index (χ0) is 15.1. The molecule has 1 amide bonds. The van der Waals surface area contributed by atoms with Crippen molar-refractivity contribution in [3.63, 3.8) is 0 Å². The lowest BCUT2D eigenvalue weighted by atomic mass is 10.2. The highest BCUT2D eigenvalue weighted by Gasteiger charge is 2.16. The van der Waals surface area contributed by atoms with Gasteiger partial charge in [-0.25, -0.2) is 0 Å². The highest BCUT2D eigenvalue weighted by molar-refractivity contribution is 5.87. The molecule has 114 valence electrons. The van der Waals surface area contributed by atoms with Crippen LogP contribution >= 0.6 is 0 Å². The standard InChI is InChI=1S/C17H25N3O/c1-15(2)14-17(21)18-8-9-19-10-12-20(13-11-19)16-6-4-3-5-7-16/h3-7,14H,8-13H2,1-2H3,(H,18,21). The quantitative estimate of drug-likeness (QED) is 0.840. The van der Waals surface area contributed by atoms with E-state index in [4.69, 9.17) is 0 Å². The molecule has 0 aromatic heterocycles. The van der Waals surface area contributed by atoms with Crippen molar-refractivity contribution in [3.8, 4) is 0 Å². The van der Waals surface area contributed by atoms with Crippen LogP contribution in [-0.4, -0.2) is 50.1 Å². The van der Waals surface area contributed by atoms with E-state index in [0.717, 1.165) is 38.3 Å². The number of piperazine rings is 1. The summed E-state index contributed by atoms with van der Waals surface area (Å²) in [6, 6.07) is 10.5. The van der Waals surface area contributed by atoms with E-state index in [1.165, 1.54) is 5.69 Å². The van der Waals surface area contributed by atoms with Crippen LogP contribution in [-0.2, 0) is 4.79 Å². The highest BCUT2D eigenvalue weighted by Crippen LogP contribution is 2.15. The molecule has 1 aliphatic rings. The third-order valence-electron chi connectivity index (χ3n) is 3.64. The molecule has 4 heteroatoms. The first kappa shape index (κ1) is 15.6. The van der Waals surface area contributed by atoms with Crippen LogP contribution in [0.3, 0.4) is 0 Å². The molecule has 1 N–H and O–H groups in total. The number of rotatable bonds is 5. The van der Waals surface area contributed by atoms with E-state index in [2.05, 4.69) is 45.4 Å². The lowest BCUT2D eigenvalue weighted by Gasteiger charge is -2.36. The molecule has 0 aliphatic carbocycles. The van der Waals surface area contributed by atoms with Crippen LogP contribution in [0.5, 0.6) is 0 Å². The molecule has 0 spiro atoms. The topological polar surface area (TPSA) is 35.6 Å². The van der Waals surface area contributed by atoms with Crippen LogP contribution < -0.4 is 10.2 Å². The molecule has 4 nitrogen and oxygen atoms in total. The molecule has 0 bridgehead atoms. The number of hydrogen-bond acceptors (Lipinski definition) is 3. The van der Waals surface area contributed by atoms with Gasteiger partial charge in [-0.05, 0) is 26.0 Å². The summed E-state index contributed by atoms with van der Waals surface area (Å²) in [4.78, 5) is 16.3. The second-order valence-electron chi connectivity index (χ2n) is 5.68. The van der Waals surface area contributed by atoms with Crippen molar-refractivity contribution < 1.29 is 4.79 Å². The zero-order valence-electron chi connectivity index (χ0n) is 13.0. The van der Waals surface area contributed by atoms with Gasteiger partial charge in [0.2, 0.25) is 5.91 Å². The van der Waals surface area contributed by atoms with Crippen molar-refractivity contribution in [3.05, 3.63) is 42.0 Å². The summed E-state index contributed by atoms with van der Waals surface area (Å²) in [5, 5.41) is 2.93. The Kier molecular flexibility index (Phi) is 5.81. The molecule has 1 saturated heterocycles. The fourth-order valence-electron chi connectivity index (χ4n) is 2.52. The zero-order valence-corrected chi connectivity index (χ0v) is 13.0. The number of nitrogens with one attached hydrogen (secondary N) is 1. The molecule has 1 aromatic rings. The minimum atomic E-state index is 0.0120. The second-order valence-corrected chi connectivity index (χ2v) is 5.68. The number of para-hydroxylation sites is 1. The number of amides is 1. The van der Waals surface area contributed by atoms with E-state index >= 15 is 0 Å². The summed E-state index contributed by atoms with van der Waals surface area (Å²) >= 11 is 0. The van der Waals surface area contributed by atoms with Crippen molar-refractivity contribution >= 4 is 11.6 Å². The maximum atomic E-state index is 11.5. The minimum Gasteiger partial charge on any atom is -0.369 e. The number of nitrogens with zero attached hydrogens (tertiary/aromatic N) is 2. The number of carbonyl (C=O) groups excluding carboxylic acids is 1. The predicted molar refractivity (Wildman–Crippen MR) is 87.5 cm³/mol. The molecule has 0 unspecified atom stereocenters. The molecular weight excluding hydrogens is 262 g/mol. The van der Waals surface area contributed by atoms with Crippen LogP contribution in [0, 0.1) is 0 Å². The SMILES string of the molecule is CC(C)=CC(=O)NCCN1CCN(c2ccccc2)CC1. The maximum Gasteiger partial charge on any atom is 0.243 e. The van der Waals surface area contributed by atoms with Crippen LogP contribution in [0.4, 0.5) is 5.69 Å². The van der Waals surface area contributed by atoms with Crippen molar-refractivity contribution in [1.29, 1.82) is 0 Å². The predicted octanol–water partition coefficient (Wildman–Crippen LogP) is 1.89. The first-order valence-corrected chi connectivity index (χ1v) is 7.60. The lowest BCUT2D eigenvalue weighted by Crippen LogP contribution is -2.48. The average molecular weight is 287 g/mol. The van der Waals surface area contributed by atoms with E-state index < -0.39 is 0 Å². The molecule has 2 rings (SSSR count). The van der Waals surface area contributed by atoms with Crippen molar-refractivity contribution in [2.75, 3.05) is 44.2 Å². The normalized spacial score (nSPS) is 15.6. The van der Waals surface area contributed by atoms with E-state index in [0.29, 0.717) is 6.54 Å². The molecular formula is C17H25N3O.